The molecule has 2 rings (SSSR count). The van der Waals surface area contributed by atoms with Crippen molar-refractivity contribution < 1.29 is 31.5 Å². The highest BCUT2D eigenvalue weighted by atomic mass is 32.2. The maximum atomic E-state index is 13.4. The third-order valence-corrected chi connectivity index (χ3v) is 4.80. The second-order valence-electron chi connectivity index (χ2n) is 6.09. The third-order valence-electron chi connectivity index (χ3n) is 3.80. The molecule has 0 radical (unpaired) electrons. The summed E-state index contributed by atoms with van der Waals surface area (Å²) in [7, 11) is -2.17. The fourth-order valence-electron chi connectivity index (χ4n) is 2.27. The lowest BCUT2D eigenvalue weighted by Gasteiger charge is -2.25. The van der Waals surface area contributed by atoms with E-state index in [9.17, 15) is 31.5 Å². The van der Waals surface area contributed by atoms with Crippen molar-refractivity contribution in [2.24, 2.45) is 0 Å². The molecular formula is C15H17F3N4O4S. The van der Waals surface area contributed by atoms with E-state index in [1.54, 1.807) is 13.8 Å². The highest BCUT2D eigenvalue weighted by Gasteiger charge is 2.43. The van der Waals surface area contributed by atoms with Crippen molar-refractivity contribution in [3.63, 3.8) is 0 Å². The van der Waals surface area contributed by atoms with Crippen molar-refractivity contribution in [2.45, 2.75) is 31.1 Å². The van der Waals surface area contributed by atoms with Gasteiger partial charge in [0.15, 0.2) is 20.6 Å². The average Bonchev–Trinajstić information content (AvgIpc) is 2.94. The number of hydrogen-bond donors (Lipinski definition) is 1. The van der Waals surface area contributed by atoms with Gasteiger partial charge < -0.3 is 10.0 Å². The summed E-state index contributed by atoms with van der Waals surface area (Å²) >= 11 is 0. The molecular weight excluding hydrogens is 389 g/mol. The molecule has 0 amide bonds. The number of nitrogens with zero attached hydrogens (tertiary/aromatic N) is 4. The highest BCUT2D eigenvalue weighted by molar-refractivity contribution is 7.90. The Hall–Kier alpha value is -2.63. The van der Waals surface area contributed by atoms with Crippen LogP contribution in [0, 0.1) is 0 Å². The van der Waals surface area contributed by atoms with E-state index in [0.29, 0.717) is 0 Å². The number of hydrogen-bond acceptors (Lipinski definition) is 6. The van der Waals surface area contributed by atoms with Crippen LogP contribution in [-0.4, -0.2) is 53.6 Å². The van der Waals surface area contributed by atoms with Crippen LogP contribution in [0.15, 0.2) is 23.4 Å². The van der Waals surface area contributed by atoms with Crippen LogP contribution in [0.1, 0.15) is 29.9 Å². The average molecular weight is 406 g/mol. The van der Waals surface area contributed by atoms with Gasteiger partial charge >= 0.3 is 12.1 Å². The number of anilines is 1. The number of carboxylic acids is 1. The van der Waals surface area contributed by atoms with Crippen LogP contribution < -0.4 is 4.90 Å². The molecule has 0 aliphatic rings. The summed E-state index contributed by atoms with van der Waals surface area (Å²) in [4.78, 5) is 16.6. The van der Waals surface area contributed by atoms with Crippen molar-refractivity contribution in [1.82, 2.24) is 14.8 Å². The molecule has 1 N–H and O–H groups in total. The molecule has 2 aromatic heterocycles. The van der Waals surface area contributed by atoms with Gasteiger partial charge in [0.25, 0.3) is 0 Å². The molecule has 27 heavy (non-hydrogen) atoms. The van der Waals surface area contributed by atoms with Gasteiger partial charge in [-0.05, 0) is 26.0 Å². The Morgan fingerprint density at radius 3 is 2.26 bits per heavy atom. The first-order chi connectivity index (χ1) is 12.2. The molecule has 2 aromatic rings. The van der Waals surface area contributed by atoms with Crippen LogP contribution in [0.4, 0.5) is 19.0 Å². The molecule has 0 aliphatic carbocycles. The minimum absolute atomic E-state index is 0.0112. The normalized spacial score (nSPS) is 12.4. The van der Waals surface area contributed by atoms with Crippen LogP contribution >= 0.6 is 0 Å². The molecule has 0 spiro atoms. The van der Waals surface area contributed by atoms with Gasteiger partial charge in [-0.15, -0.1) is 0 Å². The molecule has 0 saturated carbocycles. The number of halogens is 3. The molecule has 0 saturated heterocycles. The smallest absolute Gasteiger partial charge is 0.436 e. The number of sulfone groups is 1. The Morgan fingerprint density at radius 2 is 1.89 bits per heavy atom. The van der Waals surface area contributed by atoms with Crippen LogP contribution in [-0.2, 0) is 16.0 Å². The molecule has 148 valence electrons. The molecule has 0 aromatic carbocycles. The molecule has 0 fully saturated rings. The predicted octanol–water partition coefficient (Wildman–Crippen LogP) is 2.23. The Balaban J connectivity index is 2.81. The first-order valence-electron chi connectivity index (χ1n) is 7.58. The largest absolute Gasteiger partial charge is 0.477 e. The minimum atomic E-state index is -4.99. The van der Waals surface area contributed by atoms with E-state index in [1.807, 2.05) is 0 Å². The van der Waals surface area contributed by atoms with Crippen molar-refractivity contribution in [1.29, 1.82) is 0 Å². The zero-order valence-electron chi connectivity index (χ0n) is 14.8. The topological polar surface area (TPSA) is 105 Å². The van der Waals surface area contributed by atoms with Crippen LogP contribution in [0.25, 0.3) is 5.69 Å². The maximum Gasteiger partial charge on any atom is 0.436 e. The molecule has 0 unspecified atom stereocenters. The Bertz CT molecular complexity index is 966. The van der Waals surface area contributed by atoms with Gasteiger partial charge in [-0.25, -0.2) is 22.9 Å². The number of aromatic carboxylic acids is 1. The monoisotopic (exact) mass is 406 g/mol. The van der Waals surface area contributed by atoms with E-state index >= 15 is 0 Å². The Labute approximate surface area is 153 Å². The fourth-order valence-corrected chi connectivity index (χ4v) is 2.83. The summed E-state index contributed by atoms with van der Waals surface area (Å²) in [5.74, 6) is -2.07. The summed E-state index contributed by atoms with van der Waals surface area (Å²) in [6, 6.07) is 1.97. The van der Waals surface area contributed by atoms with Gasteiger partial charge in [-0.2, -0.15) is 18.3 Å². The molecule has 0 atom stereocenters. The maximum absolute atomic E-state index is 13.4. The number of rotatable bonds is 5. The summed E-state index contributed by atoms with van der Waals surface area (Å²) in [5, 5.41) is 12.6. The van der Waals surface area contributed by atoms with Gasteiger partial charge in [0.2, 0.25) is 0 Å². The van der Waals surface area contributed by atoms with E-state index in [4.69, 9.17) is 0 Å². The number of aromatic nitrogens is 3. The van der Waals surface area contributed by atoms with Crippen molar-refractivity contribution in [3.05, 3.63) is 29.6 Å². The van der Waals surface area contributed by atoms with Crippen LogP contribution in [0.5, 0.6) is 0 Å². The van der Waals surface area contributed by atoms with Gasteiger partial charge in [0.05, 0.1) is 11.9 Å². The van der Waals surface area contributed by atoms with Gasteiger partial charge in [-0.3, -0.25) is 0 Å². The van der Waals surface area contributed by atoms with Gasteiger partial charge in [-0.1, -0.05) is 0 Å². The van der Waals surface area contributed by atoms with Gasteiger partial charge in [0, 0.05) is 19.3 Å². The molecule has 12 heteroatoms. The first-order valence-corrected chi connectivity index (χ1v) is 9.47. The zero-order valence-corrected chi connectivity index (χ0v) is 15.6. The number of carbonyl (C=O) groups is 1. The Kier molecular flexibility index (Phi) is 5.23. The minimum Gasteiger partial charge on any atom is -0.477 e. The predicted molar refractivity (Wildman–Crippen MR) is 90.0 cm³/mol. The molecule has 0 aliphatic heterocycles. The summed E-state index contributed by atoms with van der Waals surface area (Å²) in [6.07, 6.45) is -3.04. The van der Waals surface area contributed by atoms with E-state index in [-0.39, 0.29) is 22.6 Å². The number of alkyl halides is 3. The summed E-state index contributed by atoms with van der Waals surface area (Å²) in [5.41, 5.74) is -2.56. The molecule has 2 heterocycles. The first kappa shape index (κ1) is 20.7. The fraction of sp³-hybridized carbons (Fsp3) is 0.400. The molecule has 0 bridgehead atoms. The van der Waals surface area contributed by atoms with Gasteiger partial charge in [0.1, 0.15) is 11.4 Å². The summed E-state index contributed by atoms with van der Waals surface area (Å²) in [6.45, 7) is 3.34. The van der Waals surface area contributed by atoms with Crippen molar-refractivity contribution >= 4 is 21.6 Å². The number of pyridine rings is 1. The lowest BCUT2D eigenvalue weighted by molar-refractivity contribution is -0.141. The quantitative estimate of drug-likeness (QED) is 0.812. The lowest BCUT2D eigenvalue weighted by atomic mass is 10.2. The van der Waals surface area contributed by atoms with Crippen molar-refractivity contribution in [3.8, 4) is 5.69 Å². The zero-order chi connectivity index (χ0) is 20.7. The SMILES string of the molecule is CC(C)N(C)c1c(C(=O)O)c(C(F)(F)F)nn1-c1ccc(S(C)(=O)=O)nc1. The van der Waals surface area contributed by atoms with Crippen LogP contribution in [0.2, 0.25) is 0 Å². The summed E-state index contributed by atoms with van der Waals surface area (Å²) < 4.78 is 63.9. The van der Waals surface area contributed by atoms with E-state index in [2.05, 4.69) is 10.1 Å². The Morgan fingerprint density at radius 1 is 1.30 bits per heavy atom. The highest BCUT2D eigenvalue weighted by Crippen LogP contribution is 2.37. The third kappa shape index (κ3) is 4.04. The van der Waals surface area contributed by atoms with Crippen LogP contribution in [0.3, 0.4) is 0 Å². The van der Waals surface area contributed by atoms with E-state index in [1.165, 1.54) is 18.0 Å². The number of carboxylic acid groups (broad SMARTS) is 1. The lowest BCUT2D eigenvalue weighted by Crippen LogP contribution is -2.29. The second kappa shape index (κ2) is 6.83. The van der Waals surface area contributed by atoms with Crippen molar-refractivity contribution in [2.75, 3.05) is 18.2 Å². The van der Waals surface area contributed by atoms with E-state index < -0.39 is 33.2 Å². The molecule has 8 nitrogen and oxygen atoms in total. The standard InChI is InChI=1S/C15H17F3N4O4S/c1-8(2)21(3)13-11(14(23)24)12(15(16,17)18)20-22(13)9-5-6-10(19-7-9)27(4,25)26/h5-8H,1-4H3,(H,23,24). The second-order valence-corrected chi connectivity index (χ2v) is 8.06. The van der Waals surface area contributed by atoms with E-state index in [0.717, 1.165) is 23.2 Å².